The van der Waals surface area contributed by atoms with Crippen LogP contribution < -0.4 is 10.9 Å². The summed E-state index contributed by atoms with van der Waals surface area (Å²) >= 11 is 12.4. The van der Waals surface area contributed by atoms with Gasteiger partial charge in [0.1, 0.15) is 0 Å². The lowest BCUT2D eigenvalue weighted by Crippen LogP contribution is -2.21. The van der Waals surface area contributed by atoms with E-state index in [1.165, 1.54) is 10.6 Å². The Bertz CT molecular complexity index is 1370. The van der Waals surface area contributed by atoms with Crippen molar-refractivity contribution in [2.75, 3.05) is 5.32 Å². The van der Waals surface area contributed by atoms with Gasteiger partial charge >= 0.3 is 0 Å². The molecule has 4 rings (SSSR count). The summed E-state index contributed by atoms with van der Waals surface area (Å²) < 4.78 is 3.24. The van der Waals surface area contributed by atoms with Crippen molar-refractivity contribution < 1.29 is 4.79 Å². The molecule has 0 radical (unpaired) electrons. The summed E-state index contributed by atoms with van der Waals surface area (Å²) in [5.74, 6) is -0.281. The first-order valence-corrected chi connectivity index (χ1v) is 11.2. The van der Waals surface area contributed by atoms with Crippen molar-refractivity contribution in [3.63, 3.8) is 0 Å². The van der Waals surface area contributed by atoms with E-state index in [0.29, 0.717) is 27.8 Å². The smallest absolute Gasteiger partial charge is 0.259 e. The second-order valence-corrected chi connectivity index (χ2v) is 8.76. The molecule has 1 N–H and O–H groups in total. The van der Waals surface area contributed by atoms with Crippen molar-refractivity contribution in [3.05, 3.63) is 110 Å². The highest BCUT2D eigenvalue weighted by molar-refractivity contribution is 6.31. The van der Waals surface area contributed by atoms with Crippen molar-refractivity contribution in [1.29, 1.82) is 0 Å². The van der Waals surface area contributed by atoms with E-state index in [2.05, 4.69) is 10.4 Å². The molecule has 0 atom stereocenters. The molecule has 1 amide bonds. The average molecular weight is 481 g/mol. The standard InChI is InChI=1S/C25H22Cl2N4O2/c1-16(2)24-21(13-28-31(24)20-8-5-7-18(26)12-20)25(33)29-19-10-11-23(32)30(15-19)14-17-6-3-4-9-22(17)27/h3-13,15-16H,14H2,1-2H3,(H,29,33). The zero-order valence-electron chi connectivity index (χ0n) is 18.1. The molecule has 0 fully saturated rings. The lowest BCUT2D eigenvalue weighted by molar-refractivity contribution is 0.102. The number of carbonyl (C=O) groups is 1. The number of rotatable bonds is 6. The van der Waals surface area contributed by atoms with Crippen molar-refractivity contribution in [2.45, 2.75) is 26.3 Å². The van der Waals surface area contributed by atoms with Gasteiger partial charge in [-0.2, -0.15) is 5.10 Å². The molecule has 8 heteroatoms. The molecule has 0 spiro atoms. The number of aromatic nitrogens is 3. The van der Waals surface area contributed by atoms with Crippen LogP contribution >= 0.6 is 23.2 Å². The number of hydrogen-bond donors (Lipinski definition) is 1. The van der Waals surface area contributed by atoms with Gasteiger partial charge in [0, 0.05) is 22.3 Å². The van der Waals surface area contributed by atoms with E-state index in [1.54, 1.807) is 41.3 Å². The molecule has 33 heavy (non-hydrogen) atoms. The van der Waals surface area contributed by atoms with Crippen LogP contribution in [-0.2, 0) is 6.54 Å². The molecule has 0 unspecified atom stereocenters. The number of hydrogen-bond acceptors (Lipinski definition) is 3. The van der Waals surface area contributed by atoms with Crippen molar-refractivity contribution in [1.82, 2.24) is 14.3 Å². The highest BCUT2D eigenvalue weighted by Crippen LogP contribution is 2.25. The first kappa shape index (κ1) is 22.8. The third-order valence-electron chi connectivity index (χ3n) is 5.19. The van der Waals surface area contributed by atoms with Gasteiger partial charge < -0.3 is 9.88 Å². The predicted molar refractivity (Wildman–Crippen MR) is 132 cm³/mol. The molecule has 2 aromatic carbocycles. The third kappa shape index (κ3) is 5.02. The van der Waals surface area contributed by atoms with E-state index in [0.717, 1.165) is 16.9 Å². The quantitative estimate of drug-likeness (QED) is 0.381. The van der Waals surface area contributed by atoms with Crippen molar-refractivity contribution in [3.8, 4) is 5.69 Å². The third-order valence-corrected chi connectivity index (χ3v) is 5.79. The Morgan fingerprint density at radius 3 is 2.58 bits per heavy atom. The molecular weight excluding hydrogens is 459 g/mol. The normalized spacial score (nSPS) is 11.1. The van der Waals surface area contributed by atoms with E-state index in [9.17, 15) is 9.59 Å². The van der Waals surface area contributed by atoms with Gasteiger partial charge in [0.05, 0.1) is 35.4 Å². The summed E-state index contributed by atoms with van der Waals surface area (Å²) in [5, 5.41) is 8.49. The van der Waals surface area contributed by atoms with Crippen LogP contribution in [0.2, 0.25) is 10.0 Å². The number of pyridine rings is 1. The zero-order valence-corrected chi connectivity index (χ0v) is 19.6. The molecule has 0 aliphatic rings. The Labute approximate surface area is 201 Å². The van der Waals surface area contributed by atoms with Crippen LogP contribution in [0.5, 0.6) is 0 Å². The number of benzene rings is 2. The molecule has 0 aliphatic heterocycles. The first-order valence-electron chi connectivity index (χ1n) is 10.4. The maximum absolute atomic E-state index is 13.2. The molecule has 2 heterocycles. The lowest BCUT2D eigenvalue weighted by Gasteiger charge is -2.14. The second-order valence-electron chi connectivity index (χ2n) is 7.92. The first-order chi connectivity index (χ1) is 15.8. The van der Waals surface area contributed by atoms with Gasteiger partial charge in [-0.1, -0.05) is 61.3 Å². The molecule has 0 saturated carbocycles. The Morgan fingerprint density at radius 2 is 1.85 bits per heavy atom. The topological polar surface area (TPSA) is 68.9 Å². The second kappa shape index (κ2) is 9.65. The number of carbonyl (C=O) groups excluding carboxylic acids is 1. The van der Waals surface area contributed by atoms with E-state index in [4.69, 9.17) is 23.2 Å². The van der Waals surface area contributed by atoms with Crippen LogP contribution in [0.4, 0.5) is 5.69 Å². The average Bonchev–Trinajstić information content (AvgIpc) is 3.23. The number of nitrogens with one attached hydrogen (secondary N) is 1. The fourth-order valence-electron chi connectivity index (χ4n) is 3.64. The van der Waals surface area contributed by atoms with Gasteiger partial charge in [-0.25, -0.2) is 4.68 Å². The molecular formula is C25H22Cl2N4O2. The monoisotopic (exact) mass is 480 g/mol. The van der Waals surface area contributed by atoms with Crippen LogP contribution in [0.1, 0.15) is 41.4 Å². The van der Waals surface area contributed by atoms with Crippen LogP contribution in [0.15, 0.2) is 77.9 Å². The maximum atomic E-state index is 13.2. The zero-order chi connectivity index (χ0) is 23.5. The summed E-state index contributed by atoms with van der Waals surface area (Å²) in [4.78, 5) is 25.5. The Balaban J connectivity index is 1.63. The summed E-state index contributed by atoms with van der Waals surface area (Å²) in [6.45, 7) is 4.30. The van der Waals surface area contributed by atoms with Gasteiger partial charge in [-0.05, 0) is 41.8 Å². The minimum absolute atomic E-state index is 0.0291. The van der Waals surface area contributed by atoms with Gasteiger partial charge in [0.25, 0.3) is 11.5 Å². The maximum Gasteiger partial charge on any atom is 0.259 e. The number of halogens is 2. The summed E-state index contributed by atoms with van der Waals surface area (Å²) in [5.41, 5.74) is 3.11. The van der Waals surface area contributed by atoms with E-state index >= 15 is 0 Å². The Hall–Kier alpha value is -3.35. The minimum Gasteiger partial charge on any atom is -0.321 e. The van der Waals surface area contributed by atoms with Crippen LogP contribution in [-0.4, -0.2) is 20.3 Å². The van der Waals surface area contributed by atoms with Gasteiger partial charge in [-0.15, -0.1) is 0 Å². The van der Waals surface area contributed by atoms with Gasteiger partial charge in [-0.3, -0.25) is 9.59 Å². The molecule has 4 aromatic rings. The summed E-state index contributed by atoms with van der Waals surface area (Å²) in [6.07, 6.45) is 3.16. The fourth-order valence-corrected chi connectivity index (χ4v) is 4.02. The van der Waals surface area contributed by atoms with Crippen LogP contribution in [0, 0.1) is 0 Å². The van der Waals surface area contributed by atoms with Crippen LogP contribution in [0.3, 0.4) is 0 Å². The minimum atomic E-state index is -0.310. The number of nitrogens with zero attached hydrogens (tertiary/aromatic N) is 3. The van der Waals surface area contributed by atoms with Gasteiger partial charge in [0.15, 0.2) is 0 Å². The molecule has 0 aliphatic carbocycles. The number of anilines is 1. The van der Waals surface area contributed by atoms with Crippen LogP contribution in [0.25, 0.3) is 5.69 Å². The largest absolute Gasteiger partial charge is 0.321 e. The van der Waals surface area contributed by atoms with Gasteiger partial charge in [0.2, 0.25) is 0 Å². The highest BCUT2D eigenvalue weighted by Gasteiger charge is 2.21. The summed E-state index contributed by atoms with van der Waals surface area (Å²) in [7, 11) is 0. The molecule has 2 aromatic heterocycles. The molecule has 6 nitrogen and oxygen atoms in total. The fraction of sp³-hybridized carbons (Fsp3) is 0.160. The van der Waals surface area contributed by atoms with E-state index in [1.807, 2.05) is 44.2 Å². The summed E-state index contributed by atoms with van der Waals surface area (Å²) in [6, 6.07) is 17.6. The molecule has 0 bridgehead atoms. The molecule has 0 saturated heterocycles. The predicted octanol–water partition coefficient (Wildman–Crippen LogP) is 5.76. The Kier molecular flexibility index (Phi) is 6.67. The SMILES string of the molecule is CC(C)c1c(C(=O)Nc2ccc(=O)n(Cc3ccccc3Cl)c2)cnn1-c1cccc(Cl)c1. The lowest BCUT2D eigenvalue weighted by atomic mass is 10.0. The molecule has 168 valence electrons. The van der Waals surface area contributed by atoms with Crippen molar-refractivity contribution in [2.24, 2.45) is 0 Å². The highest BCUT2D eigenvalue weighted by atomic mass is 35.5. The van der Waals surface area contributed by atoms with E-state index in [-0.39, 0.29) is 17.4 Å². The van der Waals surface area contributed by atoms with E-state index < -0.39 is 0 Å². The number of amides is 1. The Morgan fingerprint density at radius 1 is 1.06 bits per heavy atom. The van der Waals surface area contributed by atoms with Crippen molar-refractivity contribution >= 4 is 34.8 Å².